The van der Waals surface area contributed by atoms with Crippen LogP contribution in [0, 0.1) is 6.92 Å². The topological polar surface area (TPSA) is 12.0 Å². The lowest BCUT2D eigenvalue weighted by atomic mass is 10.2. The van der Waals surface area contributed by atoms with Gasteiger partial charge in [0, 0.05) is 27.4 Å². The van der Waals surface area contributed by atoms with E-state index in [-0.39, 0.29) is 0 Å². The van der Waals surface area contributed by atoms with Crippen LogP contribution in [0.15, 0.2) is 57.9 Å². The summed E-state index contributed by atoms with van der Waals surface area (Å²) in [5, 5.41) is 3.46. The molecule has 0 unspecified atom stereocenters. The molecule has 0 aliphatic carbocycles. The molecule has 0 radical (unpaired) electrons. The van der Waals surface area contributed by atoms with E-state index in [0.717, 1.165) is 16.8 Å². The van der Waals surface area contributed by atoms with Crippen LogP contribution in [-0.4, -0.2) is 12.3 Å². The average Bonchev–Trinajstić information content (AvgIpc) is 2.40. The predicted molar refractivity (Wildman–Crippen MR) is 84.5 cm³/mol. The van der Waals surface area contributed by atoms with Crippen molar-refractivity contribution in [3.05, 3.63) is 58.6 Å². The Labute approximate surface area is 121 Å². The van der Waals surface area contributed by atoms with E-state index in [4.69, 9.17) is 0 Å². The molecule has 0 bridgehead atoms. The first-order valence-electron chi connectivity index (χ1n) is 5.94. The molecule has 0 saturated heterocycles. The first kappa shape index (κ1) is 13.5. The van der Waals surface area contributed by atoms with Crippen molar-refractivity contribution in [2.75, 3.05) is 17.6 Å². The van der Waals surface area contributed by atoms with E-state index in [1.807, 2.05) is 17.8 Å². The maximum absolute atomic E-state index is 3.61. The molecule has 94 valence electrons. The minimum absolute atomic E-state index is 0.960. The number of hydrogen-bond acceptors (Lipinski definition) is 2. The molecule has 18 heavy (non-hydrogen) atoms. The van der Waals surface area contributed by atoms with Crippen LogP contribution in [0.3, 0.4) is 0 Å². The minimum atomic E-state index is 0.960. The summed E-state index contributed by atoms with van der Waals surface area (Å²) in [7, 11) is 0. The molecule has 1 N–H and O–H groups in total. The molecule has 0 aromatic heterocycles. The third-order valence-electron chi connectivity index (χ3n) is 2.62. The standard InChI is InChI=1S/C15H16BrNS/c1-12-6-5-9-14(15(12)16)17-10-11-18-13-7-3-2-4-8-13/h2-9,17H,10-11H2,1H3. The number of hydrogen-bond donors (Lipinski definition) is 1. The van der Waals surface area contributed by atoms with Crippen LogP contribution in [0.25, 0.3) is 0 Å². The van der Waals surface area contributed by atoms with Gasteiger partial charge in [-0.05, 0) is 46.6 Å². The fourth-order valence-electron chi connectivity index (χ4n) is 1.66. The molecule has 0 amide bonds. The quantitative estimate of drug-likeness (QED) is 0.617. The van der Waals surface area contributed by atoms with E-state index in [1.54, 1.807) is 0 Å². The molecule has 0 spiro atoms. The molecule has 0 saturated carbocycles. The zero-order chi connectivity index (χ0) is 12.8. The number of thioether (sulfide) groups is 1. The normalized spacial score (nSPS) is 10.3. The van der Waals surface area contributed by atoms with E-state index in [9.17, 15) is 0 Å². The number of benzene rings is 2. The summed E-state index contributed by atoms with van der Waals surface area (Å²) in [6.07, 6.45) is 0. The third-order valence-corrected chi connectivity index (χ3v) is 4.69. The first-order valence-corrected chi connectivity index (χ1v) is 7.72. The lowest BCUT2D eigenvalue weighted by molar-refractivity contribution is 1.21. The van der Waals surface area contributed by atoms with E-state index >= 15 is 0 Å². The molecular formula is C15H16BrNS. The summed E-state index contributed by atoms with van der Waals surface area (Å²) < 4.78 is 1.16. The molecule has 0 atom stereocenters. The lowest BCUT2D eigenvalue weighted by Crippen LogP contribution is -2.04. The van der Waals surface area contributed by atoms with E-state index in [0.29, 0.717) is 0 Å². The SMILES string of the molecule is Cc1cccc(NCCSc2ccccc2)c1Br. The van der Waals surface area contributed by atoms with Gasteiger partial charge < -0.3 is 5.32 Å². The second-order valence-corrected chi connectivity index (χ2v) is 5.99. The van der Waals surface area contributed by atoms with Crippen LogP contribution < -0.4 is 5.32 Å². The van der Waals surface area contributed by atoms with Crippen LogP contribution in [0.5, 0.6) is 0 Å². The van der Waals surface area contributed by atoms with Crippen molar-refractivity contribution in [1.29, 1.82) is 0 Å². The van der Waals surface area contributed by atoms with Crippen molar-refractivity contribution in [1.82, 2.24) is 0 Å². The summed E-state index contributed by atoms with van der Waals surface area (Å²) in [4.78, 5) is 1.32. The van der Waals surface area contributed by atoms with Gasteiger partial charge in [-0.15, -0.1) is 11.8 Å². The van der Waals surface area contributed by atoms with Gasteiger partial charge in [0.05, 0.1) is 0 Å². The Bertz CT molecular complexity index is 499. The fourth-order valence-corrected chi connectivity index (χ4v) is 2.85. The number of anilines is 1. The maximum Gasteiger partial charge on any atom is 0.0487 e. The Balaban J connectivity index is 1.81. The van der Waals surface area contributed by atoms with Crippen molar-refractivity contribution >= 4 is 33.4 Å². The lowest BCUT2D eigenvalue weighted by Gasteiger charge is -2.10. The molecule has 2 aromatic rings. The Morgan fingerprint density at radius 1 is 1.06 bits per heavy atom. The molecule has 3 heteroatoms. The molecule has 0 fully saturated rings. The first-order chi connectivity index (χ1) is 8.77. The van der Waals surface area contributed by atoms with Gasteiger partial charge in [0.25, 0.3) is 0 Å². The van der Waals surface area contributed by atoms with Gasteiger partial charge in [-0.1, -0.05) is 30.3 Å². The number of nitrogens with one attached hydrogen (secondary N) is 1. The highest BCUT2D eigenvalue weighted by Crippen LogP contribution is 2.26. The Kier molecular flexibility index (Phi) is 5.14. The predicted octanol–water partition coefficient (Wildman–Crippen LogP) is 4.96. The Hall–Kier alpha value is -0.930. The Morgan fingerprint density at radius 3 is 2.61 bits per heavy atom. The second kappa shape index (κ2) is 6.86. The summed E-state index contributed by atoms with van der Waals surface area (Å²) in [6, 6.07) is 16.8. The van der Waals surface area contributed by atoms with Gasteiger partial charge in [0.1, 0.15) is 0 Å². The van der Waals surface area contributed by atoms with Crippen LogP contribution >= 0.6 is 27.7 Å². The smallest absolute Gasteiger partial charge is 0.0487 e. The van der Waals surface area contributed by atoms with Crippen molar-refractivity contribution in [3.63, 3.8) is 0 Å². The van der Waals surface area contributed by atoms with Gasteiger partial charge in [-0.25, -0.2) is 0 Å². The highest BCUT2D eigenvalue weighted by atomic mass is 79.9. The maximum atomic E-state index is 3.61. The fraction of sp³-hybridized carbons (Fsp3) is 0.200. The van der Waals surface area contributed by atoms with Gasteiger partial charge >= 0.3 is 0 Å². The molecule has 1 nitrogen and oxygen atoms in total. The van der Waals surface area contributed by atoms with Gasteiger partial charge in [-0.3, -0.25) is 0 Å². The van der Waals surface area contributed by atoms with Crippen molar-refractivity contribution in [3.8, 4) is 0 Å². The average molecular weight is 322 g/mol. The molecule has 0 aliphatic heterocycles. The zero-order valence-electron chi connectivity index (χ0n) is 10.3. The monoisotopic (exact) mass is 321 g/mol. The van der Waals surface area contributed by atoms with Gasteiger partial charge in [0.15, 0.2) is 0 Å². The van der Waals surface area contributed by atoms with Crippen LogP contribution in [0.2, 0.25) is 0 Å². The zero-order valence-corrected chi connectivity index (χ0v) is 12.7. The third kappa shape index (κ3) is 3.79. The summed E-state index contributed by atoms with van der Waals surface area (Å²) in [6.45, 7) is 3.07. The van der Waals surface area contributed by atoms with E-state index < -0.39 is 0 Å². The van der Waals surface area contributed by atoms with Crippen molar-refractivity contribution in [2.45, 2.75) is 11.8 Å². The number of aryl methyl sites for hydroxylation is 1. The van der Waals surface area contributed by atoms with Crippen LogP contribution in [0.4, 0.5) is 5.69 Å². The molecule has 0 heterocycles. The van der Waals surface area contributed by atoms with Crippen LogP contribution in [-0.2, 0) is 0 Å². The van der Waals surface area contributed by atoms with E-state index in [1.165, 1.54) is 16.1 Å². The minimum Gasteiger partial charge on any atom is -0.383 e. The second-order valence-electron chi connectivity index (χ2n) is 4.02. The molecular weight excluding hydrogens is 306 g/mol. The van der Waals surface area contributed by atoms with Crippen molar-refractivity contribution in [2.24, 2.45) is 0 Å². The molecule has 2 aromatic carbocycles. The summed E-state index contributed by atoms with van der Waals surface area (Å²) >= 11 is 5.48. The highest BCUT2D eigenvalue weighted by Gasteiger charge is 2.01. The number of rotatable bonds is 5. The Morgan fingerprint density at radius 2 is 1.83 bits per heavy atom. The van der Waals surface area contributed by atoms with E-state index in [2.05, 4.69) is 70.6 Å². The largest absolute Gasteiger partial charge is 0.383 e. The summed E-state index contributed by atoms with van der Waals surface area (Å²) in [5.41, 5.74) is 2.43. The van der Waals surface area contributed by atoms with Crippen LogP contribution in [0.1, 0.15) is 5.56 Å². The molecule has 0 aliphatic rings. The van der Waals surface area contributed by atoms with Gasteiger partial charge in [0.2, 0.25) is 0 Å². The molecule has 2 rings (SSSR count). The van der Waals surface area contributed by atoms with Gasteiger partial charge in [-0.2, -0.15) is 0 Å². The summed E-state index contributed by atoms with van der Waals surface area (Å²) in [5.74, 6) is 1.06. The van der Waals surface area contributed by atoms with Crippen molar-refractivity contribution < 1.29 is 0 Å². The number of halogens is 1. The highest BCUT2D eigenvalue weighted by molar-refractivity contribution is 9.10.